The van der Waals surface area contributed by atoms with Gasteiger partial charge in [0.15, 0.2) is 0 Å². The molecule has 0 fully saturated rings. The van der Waals surface area contributed by atoms with Gasteiger partial charge in [-0.15, -0.1) is 5.19 Å². The van der Waals surface area contributed by atoms with Gasteiger partial charge in [0, 0.05) is 17.1 Å². The summed E-state index contributed by atoms with van der Waals surface area (Å²) < 4.78 is 6.49. The van der Waals surface area contributed by atoms with Crippen LogP contribution in [0.1, 0.15) is 0 Å². The van der Waals surface area contributed by atoms with Crippen molar-refractivity contribution in [2.45, 2.75) is 26.2 Å². The van der Waals surface area contributed by atoms with Gasteiger partial charge in [-0.3, -0.25) is 0 Å². The summed E-state index contributed by atoms with van der Waals surface area (Å²) in [5.74, 6) is 0. The van der Waals surface area contributed by atoms with Crippen LogP contribution in [0.25, 0.3) is 0 Å². The maximum absolute atomic E-state index is 6.49. The zero-order valence-corrected chi connectivity index (χ0v) is 14.2. The van der Waals surface area contributed by atoms with Gasteiger partial charge >= 0.3 is 0 Å². The van der Waals surface area contributed by atoms with E-state index in [1.165, 1.54) is 5.19 Å². The summed E-state index contributed by atoms with van der Waals surface area (Å²) in [7, 11) is -3.76. The van der Waals surface area contributed by atoms with E-state index in [0.717, 1.165) is 5.19 Å². The van der Waals surface area contributed by atoms with E-state index >= 15 is 0 Å². The average molecular weight is 312 g/mol. The maximum atomic E-state index is 6.49. The average Bonchev–Trinajstić information content (AvgIpc) is 2.91. The monoisotopic (exact) mass is 312 g/mol. The molecule has 0 aromatic heterocycles. The van der Waals surface area contributed by atoms with Crippen molar-refractivity contribution in [1.82, 2.24) is 0 Å². The van der Waals surface area contributed by atoms with Gasteiger partial charge in [0.25, 0.3) is 0 Å². The first-order valence-electron chi connectivity index (χ1n) is 5.74. The number of hydrogen-bond donors (Lipinski definition) is 0. The van der Waals surface area contributed by atoms with Crippen LogP contribution in [-0.2, 0) is 21.2 Å². The first-order chi connectivity index (χ1) is 7.92. The molecule has 100 valence electrons. The van der Waals surface area contributed by atoms with Gasteiger partial charge in [-0.2, -0.15) is 12.1 Å². The molecule has 0 atom stereocenters. The van der Waals surface area contributed by atoms with E-state index in [4.69, 9.17) is 4.12 Å². The SMILES string of the molecule is C[Si](C)(O[Si](C)(C)[c-]1cccc1)[c-]1[c-][c-][c-][c-]1.[Fe]. The predicted molar refractivity (Wildman–Crippen MR) is 74.7 cm³/mol. The van der Waals surface area contributed by atoms with Crippen LogP contribution in [0.4, 0.5) is 0 Å². The first kappa shape index (κ1) is 15.7. The molecule has 0 aliphatic heterocycles. The van der Waals surface area contributed by atoms with E-state index in [0.29, 0.717) is 0 Å². The molecule has 0 aliphatic rings. The second-order valence-electron chi connectivity index (χ2n) is 5.17. The molecule has 0 radical (unpaired) electrons. The van der Waals surface area contributed by atoms with E-state index in [2.05, 4.69) is 74.7 Å². The van der Waals surface area contributed by atoms with Crippen LogP contribution in [0, 0.1) is 24.3 Å². The molecule has 0 aliphatic carbocycles. The van der Waals surface area contributed by atoms with Crippen molar-refractivity contribution in [3.63, 3.8) is 0 Å². The molecule has 2 rings (SSSR count). The van der Waals surface area contributed by atoms with Crippen molar-refractivity contribution in [3.8, 4) is 0 Å². The third-order valence-corrected chi connectivity index (χ3v) is 10.2. The fourth-order valence-electron chi connectivity index (χ4n) is 2.04. The summed E-state index contributed by atoms with van der Waals surface area (Å²) in [5, 5.41) is 2.38. The molecule has 0 amide bonds. The minimum absolute atomic E-state index is 0. The Bertz CT molecular complexity index is 414. The van der Waals surface area contributed by atoms with E-state index in [1.54, 1.807) is 0 Å². The molecule has 0 saturated heterocycles. The van der Waals surface area contributed by atoms with Crippen LogP contribution in [0.2, 0.25) is 26.2 Å². The van der Waals surface area contributed by atoms with Crippen molar-refractivity contribution in [1.29, 1.82) is 0 Å². The molecule has 1 nitrogen and oxygen atoms in total. The first-order valence-corrected chi connectivity index (χ1v) is 11.6. The van der Waals surface area contributed by atoms with E-state index in [-0.39, 0.29) is 17.1 Å². The molecule has 0 heterocycles. The van der Waals surface area contributed by atoms with Gasteiger partial charge in [0.05, 0.1) is 0 Å². The van der Waals surface area contributed by atoms with Gasteiger partial charge in [-0.05, 0) is 8.32 Å². The molecule has 0 unspecified atom stereocenters. The van der Waals surface area contributed by atoms with Crippen molar-refractivity contribution in [2.75, 3.05) is 0 Å². The smallest absolute Gasteiger partial charge is 0.141 e. The third kappa shape index (κ3) is 3.34. The normalized spacial score (nSPS) is 12.2. The van der Waals surface area contributed by atoms with Gasteiger partial charge in [-0.25, -0.2) is 12.1 Å². The molecule has 2 aromatic rings. The molecular formula is C14H16FeOSi2-6. The summed E-state index contributed by atoms with van der Waals surface area (Å²) in [6.45, 7) is 8.87. The largest absolute Gasteiger partial charge is 0.999 e. The van der Waals surface area contributed by atoms with Crippen LogP contribution in [-0.4, -0.2) is 16.6 Å². The Balaban J connectivity index is 0.00000162. The van der Waals surface area contributed by atoms with E-state index in [1.807, 2.05) is 0 Å². The van der Waals surface area contributed by atoms with Gasteiger partial charge in [-0.1, -0.05) is 26.2 Å². The fourth-order valence-corrected chi connectivity index (χ4v) is 9.75. The molecule has 4 heteroatoms. The van der Waals surface area contributed by atoms with Crippen LogP contribution >= 0.6 is 0 Å². The van der Waals surface area contributed by atoms with Crippen LogP contribution < -0.4 is 10.4 Å². The fraction of sp³-hybridized carbons (Fsp3) is 0.286. The Morgan fingerprint density at radius 2 is 1.39 bits per heavy atom. The Morgan fingerprint density at radius 3 is 1.89 bits per heavy atom. The van der Waals surface area contributed by atoms with Crippen LogP contribution in [0.15, 0.2) is 24.3 Å². The quantitative estimate of drug-likeness (QED) is 0.619. The van der Waals surface area contributed by atoms with Gasteiger partial charge < -0.3 is 33.6 Å². The molecule has 0 N–H and O–H groups in total. The van der Waals surface area contributed by atoms with Crippen molar-refractivity contribution >= 4 is 27.0 Å². The Labute approximate surface area is 123 Å². The molecule has 18 heavy (non-hydrogen) atoms. The summed E-state index contributed by atoms with van der Waals surface area (Å²) in [6.07, 6.45) is 0. The molecule has 0 saturated carbocycles. The van der Waals surface area contributed by atoms with Crippen molar-refractivity contribution in [3.05, 3.63) is 48.5 Å². The van der Waals surface area contributed by atoms with Crippen molar-refractivity contribution < 1.29 is 21.2 Å². The third-order valence-electron chi connectivity index (χ3n) is 2.91. The van der Waals surface area contributed by atoms with Crippen LogP contribution in [0.3, 0.4) is 0 Å². The number of rotatable bonds is 4. The van der Waals surface area contributed by atoms with Gasteiger partial charge in [0.1, 0.15) is 8.32 Å². The zero-order valence-electron chi connectivity index (χ0n) is 11.1. The number of hydrogen-bond acceptors (Lipinski definition) is 1. The molecule has 0 spiro atoms. The molecule has 0 bridgehead atoms. The Hall–Kier alpha value is -0.387. The Morgan fingerprint density at radius 1 is 0.889 bits per heavy atom. The summed E-state index contributed by atoms with van der Waals surface area (Å²) in [5.41, 5.74) is 0. The van der Waals surface area contributed by atoms with E-state index < -0.39 is 16.6 Å². The second-order valence-corrected chi connectivity index (χ2v) is 13.1. The maximum Gasteiger partial charge on any atom is 0.141 e. The minimum atomic E-state index is -1.93. The topological polar surface area (TPSA) is 9.23 Å². The Kier molecular flexibility index (Phi) is 4.98. The standard InChI is InChI=1S/C14H16OSi2.Fe/c1-16(2,13-9-5-6-10-13)15-17(3,4)14-11-7-8-12-14;/h5-6,9-10H,1-4H3;/q-6;. The van der Waals surface area contributed by atoms with E-state index in [9.17, 15) is 0 Å². The van der Waals surface area contributed by atoms with Gasteiger partial charge in [0.2, 0.25) is 0 Å². The predicted octanol–water partition coefficient (Wildman–Crippen LogP) is 1.86. The zero-order chi connectivity index (χ0) is 12.5. The summed E-state index contributed by atoms with van der Waals surface area (Å²) in [4.78, 5) is 0. The summed E-state index contributed by atoms with van der Waals surface area (Å²) in [6, 6.07) is 20.2. The van der Waals surface area contributed by atoms with Crippen molar-refractivity contribution in [2.24, 2.45) is 0 Å². The second kappa shape index (κ2) is 5.72. The molecular weight excluding hydrogens is 296 g/mol. The minimum Gasteiger partial charge on any atom is -0.999 e. The molecule has 2 aromatic carbocycles. The summed E-state index contributed by atoms with van der Waals surface area (Å²) >= 11 is 0. The van der Waals surface area contributed by atoms with Crippen LogP contribution in [0.5, 0.6) is 0 Å².